The van der Waals surface area contributed by atoms with E-state index in [4.69, 9.17) is 11.6 Å². The first-order chi connectivity index (χ1) is 12.7. The summed E-state index contributed by atoms with van der Waals surface area (Å²) in [6, 6.07) is 10.1. The highest BCUT2D eigenvalue weighted by molar-refractivity contribution is 6.30. The largest absolute Gasteiger partial charge is 0.369 e. The van der Waals surface area contributed by atoms with Crippen molar-refractivity contribution < 1.29 is 4.79 Å². The number of piperidine rings is 1. The van der Waals surface area contributed by atoms with Crippen LogP contribution in [0, 0.1) is 0 Å². The summed E-state index contributed by atoms with van der Waals surface area (Å²) in [4.78, 5) is 14.8. The third-order valence-electron chi connectivity index (χ3n) is 5.18. The van der Waals surface area contributed by atoms with Crippen LogP contribution in [0.5, 0.6) is 0 Å². The van der Waals surface area contributed by atoms with Crippen LogP contribution in [-0.2, 0) is 0 Å². The van der Waals surface area contributed by atoms with Gasteiger partial charge in [-0.15, -0.1) is 12.4 Å². The normalized spacial score (nSPS) is 22.3. The summed E-state index contributed by atoms with van der Waals surface area (Å²) in [5, 5.41) is 11.7. The van der Waals surface area contributed by atoms with Crippen LogP contribution in [0.3, 0.4) is 0 Å². The highest BCUT2D eigenvalue weighted by Crippen LogP contribution is 2.23. The number of carbonyl (C=O) groups is 1. The van der Waals surface area contributed by atoms with Gasteiger partial charge in [0.15, 0.2) is 0 Å². The summed E-state index contributed by atoms with van der Waals surface area (Å²) in [5.74, 6) is -0.0922. The van der Waals surface area contributed by atoms with E-state index in [1.807, 2.05) is 35.1 Å². The molecule has 3 heterocycles. The maximum absolute atomic E-state index is 12.6. The van der Waals surface area contributed by atoms with Crippen LogP contribution >= 0.6 is 24.0 Å². The predicted molar refractivity (Wildman–Crippen MR) is 110 cm³/mol. The van der Waals surface area contributed by atoms with Gasteiger partial charge in [-0.3, -0.25) is 9.48 Å². The molecule has 0 radical (unpaired) electrons. The topological polar surface area (TPSA) is 62.2 Å². The van der Waals surface area contributed by atoms with Crippen LogP contribution in [0.4, 0.5) is 5.69 Å². The van der Waals surface area contributed by atoms with Crippen molar-refractivity contribution in [2.75, 3.05) is 31.1 Å². The van der Waals surface area contributed by atoms with E-state index in [1.54, 1.807) is 0 Å². The fraction of sp³-hybridized carbons (Fsp3) is 0.474. The van der Waals surface area contributed by atoms with Gasteiger partial charge in [-0.05, 0) is 50.1 Å². The first kappa shape index (κ1) is 20.0. The number of nitrogens with one attached hydrogen (secondary N) is 2. The predicted octanol–water partition coefficient (Wildman–Crippen LogP) is 2.89. The summed E-state index contributed by atoms with van der Waals surface area (Å²) in [5.41, 5.74) is 1.60. The number of aromatic nitrogens is 2. The van der Waals surface area contributed by atoms with E-state index < -0.39 is 0 Å². The van der Waals surface area contributed by atoms with Crippen molar-refractivity contribution in [1.29, 1.82) is 0 Å². The van der Waals surface area contributed by atoms with E-state index in [0.717, 1.165) is 56.2 Å². The molecule has 0 bridgehead atoms. The molecule has 6 nitrogen and oxygen atoms in total. The van der Waals surface area contributed by atoms with Crippen molar-refractivity contribution >= 4 is 35.6 Å². The van der Waals surface area contributed by atoms with Gasteiger partial charge in [-0.25, -0.2) is 0 Å². The summed E-state index contributed by atoms with van der Waals surface area (Å²) < 4.78 is 1.92. The van der Waals surface area contributed by atoms with Gasteiger partial charge in [-0.2, -0.15) is 5.10 Å². The molecule has 2 unspecified atom stereocenters. The van der Waals surface area contributed by atoms with Gasteiger partial charge in [0.25, 0.3) is 5.91 Å². The van der Waals surface area contributed by atoms with Crippen molar-refractivity contribution in [3.63, 3.8) is 0 Å². The average molecular weight is 410 g/mol. The Morgan fingerprint density at radius 1 is 1.30 bits per heavy atom. The van der Waals surface area contributed by atoms with Crippen molar-refractivity contribution in [1.82, 2.24) is 20.4 Å². The van der Waals surface area contributed by atoms with Gasteiger partial charge in [0.05, 0.1) is 6.04 Å². The molecule has 2 aromatic rings. The second-order valence-electron chi connectivity index (χ2n) is 7.07. The lowest BCUT2D eigenvalue weighted by molar-refractivity contribution is 0.0934. The quantitative estimate of drug-likeness (QED) is 0.814. The molecule has 4 rings (SSSR count). The van der Waals surface area contributed by atoms with Crippen LogP contribution in [0.25, 0.3) is 0 Å². The molecule has 2 atom stereocenters. The molecule has 0 aliphatic carbocycles. The van der Waals surface area contributed by atoms with Crippen molar-refractivity contribution in [3.05, 3.63) is 47.2 Å². The van der Waals surface area contributed by atoms with Gasteiger partial charge in [0.1, 0.15) is 5.69 Å². The Morgan fingerprint density at radius 2 is 2.19 bits per heavy atom. The molecule has 1 aromatic carbocycles. The fourth-order valence-corrected chi connectivity index (χ4v) is 3.95. The Morgan fingerprint density at radius 3 is 2.96 bits per heavy atom. The van der Waals surface area contributed by atoms with E-state index in [0.29, 0.717) is 11.7 Å². The molecular weight excluding hydrogens is 385 g/mol. The summed E-state index contributed by atoms with van der Waals surface area (Å²) in [6.45, 7) is 3.68. The zero-order valence-corrected chi connectivity index (χ0v) is 16.7. The minimum atomic E-state index is -0.0922. The zero-order chi connectivity index (χ0) is 17.9. The molecule has 27 heavy (non-hydrogen) atoms. The molecule has 2 aliphatic rings. The van der Waals surface area contributed by atoms with Gasteiger partial charge >= 0.3 is 0 Å². The number of rotatable bonds is 4. The minimum absolute atomic E-state index is 0. The highest BCUT2D eigenvalue weighted by Gasteiger charge is 2.25. The van der Waals surface area contributed by atoms with E-state index in [1.165, 1.54) is 0 Å². The van der Waals surface area contributed by atoms with Crippen LogP contribution in [-0.4, -0.2) is 47.9 Å². The standard InChI is InChI=1S/C19H24ClN5O.ClH/c20-14-3-1-4-16(11-14)24-9-6-15(13-24)22-19(26)18-7-10-25(23-18)17-5-2-8-21-12-17;/h1,3-4,7,10-11,15,17,21H,2,5-6,8-9,12-13H2,(H,22,26);1H. The van der Waals surface area contributed by atoms with Crippen molar-refractivity contribution in [2.45, 2.75) is 31.3 Å². The molecule has 146 valence electrons. The Hall–Kier alpha value is -1.76. The first-order valence-corrected chi connectivity index (χ1v) is 9.64. The first-order valence-electron chi connectivity index (χ1n) is 9.26. The van der Waals surface area contributed by atoms with Crippen LogP contribution in [0.15, 0.2) is 36.5 Å². The van der Waals surface area contributed by atoms with Crippen LogP contribution in [0.2, 0.25) is 5.02 Å². The number of nitrogens with zero attached hydrogens (tertiary/aromatic N) is 3. The second-order valence-corrected chi connectivity index (χ2v) is 7.50. The lowest BCUT2D eigenvalue weighted by Gasteiger charge is -2.22. The smallest absolute Gasteiger partial charge is 0.272 e. The lowest BCUT2D eigenvalue weighted by Crippen LogP contribution is -2.37. The zero-order valence-electron chi connectivity index (χ0n) is 15.1. The Labute approximate surface area is 170 Å². The number of anilines is 1. The second kappa shape index (κ2) is 8.95. The number of hydrogen-bond acceptors (Lipinski definition) is 4. The molecule has 2 aliphatic heterocycles. The third kappa shape index (κ3) is 4.75. The highest BCUT2D eigenvalue weighted by atomic mass is 35.5. The third-order valence-corrected chi connectivity index (χ3v) is 5.42. The molecule has 0 spiro atoms. The Kier molecular flexibility index (Phi) is 6.63. The monoisotopic (exact) mass is 409 g/mol. The maximum Gasteiger partial charge on any atom is 0.272 e. The van der Waals surface area contributed by atoms with Crippen molar-refractivity contribution in [2.24, 2.45) is 0 Å². The molecule has 2 N–H and O–H groups in total. The lowest BCUT2D eigenvalue weighted by atomic mass is 10.1. The number of benzene rings is 1. The SMILES string of the molecule is Cl.O=C(NC1CCN(c2cccc(Cl)c2)C1)c1ccn(C2CCCNC2)n1. The molecule has 0 saturated carbocycles. The molecule has 1 aromatic heterocycles. The number of amides is 1. The maximum atomic E-state index is 12.6. The molecule has 2 saturated heterocycles. The van der Waals surface area contributed by atoms with Gasteiger partial charge in [0, 0.05) is 42.6 Å². The minimum Gasteiger partial charge on any atom is -0.369 e. The molecule has 2 fully saturated rings. The van der Waals surface area contributed by atoms with E-state index >= 15 is 0 Å². The average Bonchev–Trinajstić information content (AvgIpc) is 3.32. The van der Waals surface area contributed by atoms with Gasteiger partial charge in [-0.1, -0.05) is 17.7 Å². The van der Waals surface area contributed by atoms with E-state index in [2.05, 4.69) is 26.7 Å². The number of hydrogen-bond donors (Lipinski definition) is 2. The number of carbonyl (C=O) groups excluding carboxylic acids is 1. The summed E-state index contributed by atoms with van der Waals surface area (Å²) >= 11 is 6.08. The summed E-state index contributed by atoms with van der Waals surface area (Å²) in [6.07, 6.45) is 5.09. The van der Waals surface area contributed by atoms with Crippen LogP contribution < -0.4 is 15.5 Å². The van der Waals surface area contributed by atoms with E-state index in [-0.39, 0.29) is 24.4 Å². The van der Waals surface area contributed by atoms with Crippen LogP contribution in [0.1, 0.15) is 35.8 Å². The van der Waals surface area contributed by atoms with Gasteiger partial charge in [0.2, 0.25) is 0 Å². The Bertz CT molecular complexity index is 775. The molecule has 8 heteroatoms. The van der Waals surface area contributed by atoms with Crippen molar-refractivity contribution in [3.8, 4) is 0 Å². The molecule has 1 amide bonds. The fourth-order valence-electron chi connectivity index (χ4n) is 3.77. The van der Waals surface area contributed by atoms with Gasteiger partial charge < -0.3 is 15.5 Å². The summed E-state index contributed by atoms with van der Waals surface area (Å²) in [7, 11) is 0. The number of halogens is 2. The Balaban J connectivity index is 0.00000210. The molecular formula is C19H25Cl2N5O. The van der Waals surface area contributed by atoms with E-state index in [9.17, 15) is 4.79 Å².